The smallest absolute Gasteiger partial charge is 0.174 e. The molecule has 0 radical (unpaired) electrons. The van der Waals surface area contributed by atoms with Gasteiger partial charge in [0.05, 0.1) is 12.9 Å². The van der Waals surface area contributed by atoms with Gasteiger partial charge in [-0.1, -0.05) is 46.5 Å². The normalized spacial score (nSPS) is 28.6. The molecule has 0 aromatic carbocycles. The summed E-state index contributed by atoms with van der Waals surface area (Å²) in [6.45, 7) is 12.6. The quantitative estimate of drug-likeness (QED) is 0.677. The molecule has 1 rings (SSSR count). The average Bonchev–Trinajstić information content (AvgIpc) is 2.22. The van der Waals surface area contributed by atoms with Crippen LogP contribution in [0, 0.1) is 5.41 Å². The van der Waals surface area contributed by atoms with E-state index in [-0.39, 0.29) is 10.3 Å². The van der Waals surface area contributed by atoms with E-state index in [9.17, 15) is 8.42 Å². The summed E-state index contributed by atoms with van der Waals surface area (Å²) in [6, 6.07) is 0. The van der Waals surface area contributed by atoms with E-state index in [1.165, 1.54) is 0 Å². The first-order valence-corrected chi connectivity index (χ1v) is 11.0. The summed E-state index contributed by atoms with van der Waals surface area (Å²) in [4.78, 5) is 0.612. The van der Waals surface area contributed by atoms with E-state index < -0.39 is 17.9 Å². The first-order chi connectivity index (χ1) is 6.94. The number of hydrogen-bond donors (Lipinski definition) is 0. The van der Waals surface area contributed by atoms with Crippen LogP contribution in [0.1, 0.15) is 33.6 Å². The van der Waals surface area contributed by atoms with Crippen LogP contribution in [-0.2, 0) is 9.84 Å². The lowest BCUT2D eigenvalue weighted by atomic mass is 9.96. The van der Waals surface area contributed by atoms with Crippen molar-refractivity contribution < 1.29 is 8.42 Å². The molecule has 1 atom stereocenters. The minimum Gasteiger partial charge on any atom is -0.224 e. The summed E-state index contributed by atoms with van der Waals surface area (Å²) in [5.41, 5.74) is -0.0449. The third-order valence-corrected chi connectivity index (χ3v) is 10.3. The Morgan fingerprint density at radius 3 is 2.06 bits per heavy atom. The maximum atomic E-state index is 12.4. The Morgan fingerprint density at radius 1 is 1.25 bits per heavy atom. The van der Waals surface area contributed by atoms with Gasteiger partial charge in [0.25, 0.3) is 0 Å². The number of rotatable bonds is 1. The maximum absolute atomic E-state index is 12.4. The van der Waals surface area contributed by atoms with E-state index in [1.807, 2.05) is 6.08 Å². The summed E-state index contributed by atoms with van der Waals surface area (Å²) in [5.74, 6) is 0. The van der Waals surface area contributed by atoms with Crippen molar-refractivity contribution >= 4 is 17.9 Å². The Kier molecular flexibility index (Phi) is 3.48. The SMILES string of the molecule is CC(C)(C)/C=C1\CCC([Si](C)(C)C)S1(=O)=O. The van der Waals surface area contributed by atoms with E-state index in [1.54, 1.807) is 0 Å². The minimum atomic E-state index is -3.00. The van der Waals surface area contributed by atoms with Gasteiger partial charge < -0.3 is 0 Å². The van der Waals surface area contributed by atoms with Gasteiger partial charge in [0, 0.05) is 4.91 Å². The largest absolute Gasteiger partial charge is 0.224 e. The van der Waals surface area contributed by atoms with Crippen LogP contribution >= 0.6 is 0 Å². The summed E-state index contributed by atoms with van der Waals surface area (Å²) in [7, 11) is -4.60. The van der Waals surface area contributed by atoms with Crippen LogP contribution < -0.4 is 0 Å². The molecule has 2 nitrogen and oxygen atoms in total. The van der Waals surface area contributed by atoms with Crippen molar-refractivity contribution in [3.63, 3.8) is 0 Å². The predicted octanol–water partition coefficient (Wildman–Crippen LogP) is 3.37. The molecule has 16 heavy (non-hydrogen) atoms. The van der Waals surface area contributed by atoms with Crippen LogP contribution in [-0.4, -0.2) is 21.4 Å². The van der Waals surface area contributed by atoms with Gasteiger partial charge in [-0.2, -0.15) is 0 Å². The fraction of sp³-hybridized carbons (Fsp3) is 0.833. The van der Waals surface area contributed by atoms with E-state index in [0.29, 0.717) is 4.91 Å². The topological polar surface area (TPSA) is 34.1 Å². The molecule has 0 aromatic rings. The molecule has 0 amide bonds. The highest BCUT2D eigenvalue weighted by Crippen LogP contribution is 2.38. The molecule has 1 fully saturated rings. The van der Waals surface area contributed by atoms with Crippen molar-refractivity contribution in [2.75, 3.05) is 0 Å². The van der Waals surface area contributed by atoms with Gasteiger partial charge in [-0.3, -0.25) is 0 Å². The summed E-state index contributed by atoms with van der Waals surface area (Å²) in [6.07, 6.45) is 3.52. The van der Waals surface area contributed by atoms with Gasteiger partial charge in [0.15, 0.2) is 9.84 Å². The van der Waals surface area contributed by atoms with E-state index in [2.05, 4.69) is 40.4 Å². The van der Waals surface area contributed by atoms with Crippen molar-refractivity contribution in [1.82, 2.24) is 0 Å². The Labute approximate surface area is 101 Å². The van der Waals surface area contributed by atoms with Crippen LogP contribution in [0.4, 0.5) is 0 Å². The Bertz CT molecular complexity index is 394. The second-order valence-corrected chi connectivity index (χ2v) is 14.9. The average molecular weight is 260 g/mol. The molecule has 0 N–H and O–H groups in total. The lowest BCUT2D eigenvalue weighted by Gasteiger charge is -2.23. The van der Waals surface area contributed by atoms with Crippen molar-refractivity contribution in [2.24, 2.45) is 5.41 Å². The van der Waals surface area contributed by atoms with Gasteiger partial charge in [0.1, 0.15) is 0 Å². The Balaban J connectivity index is 3.13. The molecule has 0 saturated carbocycles. The van der Waals surface area contributed by atoms with Crippen LogP contribution in [0.15, 0.2) is 11.0 Å². The maximum Gasteiger partial charge on any atom is 0.174 e. The van der Waals surface area contributed by atoms with Crippen LogP contribution in [0.3, 0.4) is 0 Å². The molecule has 1 heterocycles. The molecule has 0 spiro atoms. The highest BCUT2D eigenvalue weighted by Gasteiger charge is 2.44. The number of hydrogen-bond acceptors (Lipinski definition) is 2. The summed E-state index contributed by atoms with van der Waals surface area (Å²) in [5, 5.41) is 0. The highest BCUT2D eigenvalue weighted by molar-refractivity contribution is 7.97. The van der Waals surface area contributed by atoms with E-state index in [4.69, 9.17) is 0 Å². The van der Waals surface area contributed by atoms with Gasteiger partial charge in [-0.15, -0.1) is 0 Å². The van der Waals surface area contributed by atoms with Crippen LogP contribution in [0.25, 0.3) is 0 Å². The van der Waals surface area contributed by atoms with Gasteiger partial charge in [-0.05, 0) is 18.3 Å². The van der Waals surface area contributed by atoms with E-state index in [0.717, 1.165) is 12.8 Å². The molecule has 0 aliphatic carbocycles. The van der Waals surface area contributed by atoms with E-state index >= 15 is 0 Å². The molecule has 1 unspecified atom stereocenters. The molecular formula is C12H24O2SSi. The predicted molar refractivity (Wildman–Crippen MR) is 72.8 cm³/mol. The van der Waals surface area contributed by atoms with Crippen LogP contribution in [0.5, 0.6) is 0 Å². The van der Waals surface area contributed by atoms with Crippen LogP contribution in [0.2, 0.25) is 19.6 Å². The fourth-order valence-corrected chi connectivity index (χ4v) is 9.19. The molecule has 1 aliphatic heterocycles. The van der Waals surface area contributed by atoms with Gasteiger partial charge >= 0.3 is 0 Å². The summed E-state index contributed by atoms with van der Waals surface area (Å²) < 4.78 is 24.8. The zero-order chi connectivity index (χ0) is 12.8. The molecule has 4 heteroatoms. The number of sulfone groups is 1. The van der Waals surface area contributed by atoms with Gasteiger partial charge in [0.2, 0.25) is 0 Å². The van der Waals surface area contributed by atoms with Crippen molar-refractivity contribution in [2.45, 2.75) is 58.1 Å². The molecular weight excluding hydrogens is 236 g/mol. The Morgan fingerprint density at radius 2 is 1.75 bits per heavy atom. The van der Waals surface area contributed by atoms with Gasteiger partial charge in [-0.25, -0.2) is 8.42 Å². The molecule has 0 aromatic heterocycles. The highest BCUT2D eigenvalue weighted by atomic mass is 32.2. The van der Waals surface area contributed by atoms with Crippen molar-refractivity contribution in [3.8, 4) is 0 Å². The standard InChI is InChI=1S/C12H24O2SSi/c1-12(2,3)9-10-7-8-11(15(10,13)14)16(4,5)6/h9,11H,7-8H2,1-6H3/b10-9+. The zero-order valence-electron chi connectivity index (χ0n) is 11.3. The monoisotopic (exact) mass is 260 g/mol. The molecule has 1 aliphatic rings. The zero-order valence-corrected chi connectivity index (χ0v) is 13.1. The second-order valence-electron chi connectivity index (χ2n) is 6.92. The minimum absolute atomic E-state index is 0.0449. The molecule has 1 saturated heterocycles. The first-order valence-electron chi connectivity index (χ1n) is 5.90. The van der Waals surface area contributed by atoms with Crippen molar-refractivity contribution in [3.05, 3.63) is 11.0 Å². The first kappa shape index (κ1) is 14.0. The second kappa shape index (κ2) is 3.98. The number of allylic oxidation sites excluding steroid dienone is 2. The molecule has 0 bridgehead atoms. The lowest BCUT2D eigenvalue weighted by molar-refractivity contribution is 0.539. The molecule has 94 valence electrons. The fourth-order valence-electron chi connectivity index (χ4n) is 2.29. The van der Waals surface area contributed by atoms with Crippen molar-refractivity contribution in [1.29, 1.82) is 0 Å². The Hall–Kier alpha value is -0.0931. The third kappa shape index (κ3) is 2.97. The lowest BCUT2D eigenvalue weighted by Crippen LogP contribution is -2.41. The third-order valence-electron chi connectivity index (χ3n) is 2.95. The summed E-state index contributed by atoms with van der Waals surface area (Å²) >= 11 is 0.